The largest absolute Gasteiger partial charge is 0.309 e. The van der Waals surface area contributed by atoms with Crippen LogP contribution in [0.1, 0.15) is 23.6 Å². The quantitative estimate of drug-likeness (QED) is 0.316. The van der Waals surface area contributed by atoms with Crippen LogP contribution in [0.4, 0.5) is 0 Å². The first-order valence-electron chi connectivity index (χ1n) is 10.1. The van der Waals surface area contributed by atoms with Crippen molar-refractivity contribution in [2.75, 3.05) is 0 Å². The van der Waals surface area contributed by atoms with Gasteiger partial charge in [0, 0.05) is 16.5 Å². The van der Waals surface area contributed by atoms with Crippen LogP contribution in [0, 0.1) is 0 Å². The second-order valence-corrected chi connectivity index (χ2v) is 7.65. The minimum atomic E-state index is 1.02. The molecule has 0 radical (unpaired) electrons. The Hall–Kier alpha value is -3.32. The molecular formula is C27H21N. The van der Waals surface area contributed by atoms with Crippen LogP contribution in [0.5, 0.6) is 0 Å². The van der Waals surface area contributed by atoms with Crippen LogP contribution < -0.4 is 0 Å². The average Bonchev–Trinajstić information content (AvgIpc) is 3.29. The van der Waals surface area contributed by atoms with Crippen molar-refractivity contribution in [1.82, 2.24) is 4.57 Å². The van der Waals surface area contributed by atoms with Gasteiger partial charge in [-0.25, -0.2) is 0 Å². The lowest BCUT2D eigenvalue weighted by molar-refractivity contribution is 1.06. The second-order valence-electron chi connectivity index (χ2n) is 7.65. The molecule has 1 aliphatic carbocycles. The first-order valence-corrected chi connectivity index (χ1v) is 10.1. The highest BCUT2D eigenvalue weighted by Crippen LogP contribution is 2.43. The molecule has 1 nitrogen and oxygen atoms in total. The Kier molecular flexibility index (Phi) is 3.28. The van der Waals surface area contributed by atoms with Gasteiger partial charge in [-0.3, -0.25) is 0 Å². The lowest BCUT2D eigenvalue weighted by Crippen LogP contribution is -2.01. The molecule has 0 atom stereocenters. The zero-order valence-corrected chi connectivity index (χ0v) is 15.9. The number of hydrogen-bond acceptors (Lipinski definition) is 0. The summed E-state index contributed by atoms with van der Waals surface area (Å²) in [6, 6.07) is 31.1. The van der Waals surface area contributed by atoms with Crippen molar-refractivity contribution >= 4 is 21.8 Å². The summed E-state index contributed by atoms with van der Waals surface area (Å²) in [5, 5.41) is 2.64. The molecule has 0 N–H and O–H groups in total. The van der Waals surface area contributed by atoms with Crippen LogP contribution in [0.25, 0.3) is 38.6 Å². The molecule has 134 valence electrons. The number of aromatic nitrogens is 1. The van der Waals surface area contributed by atoms with Crippen molar-refractivity contribution < 1.29 is 0 Å². The monoisotopic (exact) mass is 359 g/mol. The molecule has 28 heavy (non-hydrogen) atoms. The zero-order chi connectivity index (χ0) is 18.7. The standard InChI is InChI=1S/C27H21N/c1-2-20-26(16-15-19-17-18-9-3-4-10-21(18)27(19)20)28-24-13-7-5-11-22(24)23-12-6-8-14-25(23)28/h3-16H,2,17H2,1H3. The first kappa shape index (κ1) is 15.7. The molecule has 6 rings (SSSR count). The summed E-state index contributed by atoms with van der Waals surface area (Å²) in [4.78, 5) is 0. The third-order valence-electron chi connectivity index (χ3n) is 6.22. The first-order chi connectivity index (χ1) is 13.9. The SMILES string of the molecule is CCc1c(-n2c3ccccc3c3ccccc32)ccc2c1-c1ccccc1C2. The van der Waals surface area contributed by atoms with Gasteiger partial charge in [0.2, 0.25) is 0 Å². The van der Waals surface area contributed by atoms with Crippen molar-refractivity contribution in [1.29, 1.82) is 0 Å². The third kappa shape index (κ3) is 2.02. The topological polar surface area (TPSA) is 4.93 Å². The Balaban J connectivity index is 1.74. The normalized spacial score (nSPS) is 12.5. The molecule has 5 aromatic rings. The second kappa shape index (κ2) is 5.84. The molecule has 0 fully saturated rings. The van der Waals surface area contributed by atoms with E-state index in [9.17, 15) is 0 Å². The third-order valence-corrected chi connectivity index (χ3v) is 6.22. The Bertz CT molecular complexity index is 1320. The lowest BCUT2D eigenvalue weighted by Gasteiger charge is -2.17. The van der Waals surface area contributed by atoms with Crippen molar-refractivity contribution in [3.05, 3.63) is 102 Å². The Morgan fingerprint density at radius 2 is 1.32 bits per heavy atom. The van der Waals surface area contributed by atoms with Gasteiger partial charge in [0.15, 0.2) is 0 Å². The summed E-state index contributed by atoms with van der Waals surface area (Å²) in [5.74, 6) is 0. The molecule has 4 aromatic carbocycles. The smallest absolute Gasteiger partial charge is 0.0541 e. The van der Waals surface area contributed by atoms with Crippen molar-refractivity contribution in [2.24, 2.45) is 0 Å². The Labute approximate surface area is 164 Å². The van der Waals surface area contributed by atoms with Gasteiger partial charge in [0.25, 0.3) is 0 Å². The summed E-state index contributed by atoms with van der Waals surface area (Å²) in [5.41, 5.74) is 11.1. The van der Waals surface area contributed by atoms with Crippen molar-refractivity contribution in [3.63, 3.8) is 0 Å². The predicted octanol–water partition coefficient (Wildman–Crippen LogP) is 6.92. The summed E-state index contributed by atoms with van der Waals surface area (Å²) in [6.45, 7) is 2.29. The van der Waals surface area contributed by atoms with E-state index in [0.29, 0.717) is 0 Å². The molecule has 1 heterocycles. The van der Waals surface area contributed by atoms with Gasteiger partial charge >= 0.3 is 0 Å². The van der Waals surface area contributed by atoms with Gasteiger partial charge in [0.1, 0.15) is 0 Å². The molecular weight excluding hydrogens is 338 g/mol. The summed E-state index contributed by atoms with van der Waals surface area (Å²) < 4.78 is 2.46. The molecule has 0 bridgehead atoms. The molecule has 0 saturated heterocycles. The molecule has 0 amide bonds. The van der Waals surface area contributed by atoms with Crippen LogP contribution in [-0.2, 0) is 12.8 Å². The highest BCUT2D eigenvalue weighted by molar-refractivity contribution is 6.09. The molecule has 0 unspecified atom stereocenters. The van der Waals surface area contributed by atoms with Crippen molar-refractivity contribution in [2.45, 2.75) is 19.8 Å². The van der Waals surface area contributed by atoms with Crippen LogP contribution in [0.15, 0.2) is 84.9 Å². The van der Waals surface area contributed by atoms with E-state index >= 15 is 0 Å². The summed E-state index contributed by atoms with van der Waals surface area (Å²) in [7, 11) is 0. The number of rotatable bonds is 2. The molecule has 0 spiro atoms. The summed E-state index contributed by atoms with van der Waals surface area (Å²) in [6.07, 6.45) is 2.07. The lowest BCUT2D eigenvalue weighted by atomic mass is 9.96. The minimum Gasteiger partial charge on any atom is -0.309 e. The fourth-order valence-corrected chi connectivity index (χ4v) is 5.04. The maximum atomic E-state index is 2.46. The molecule has 1 aliphatic rings. The molecule has 1 aromatic heterocycles. The van der Waals surface area contributed by atoms with Crippen LogP contribution in [0.3, 0.4) is 0 Å². The van der Waals surface area contributed by atoms with E-state index in [1.807, 2.05) is 0 Å². The van der Waals surface area contributed by atoms with Crippen LogP contribution in [0.2, 0.25) is 0 Å². The van der Waals surface area contributed by atoms with E-state index in [4.69, 9.17) is 0 Å². The van der Waals surface area contributed by atoms with Gasteiger partial charge < -0.3 is 4.57 Å². The van der Waals surface area contributed by atoms with E-state index in [1.165, 1.54) is 55.3 Å². The van der Waals surface area contributed by atoms with Crippen LogP contribution >= 0.6 is 0 Å². The van der Waals surface area contributed by atoms with Gasteiger partial charge in [-0.2, -0.15) is 0 Å². The van der Waals surface area contributed by atoms with E-state index in [-0.39, 0.29) is 0 Å². The van der Waals surface area contributed by atoms with Crippen molar-refractivity contribution in [3.8, 4) is 16.8 Å². The molecule has 1 heteroatoms. The Morgan fingerprint density at radius 1 is 0.679 bits per heavy atom. The van der Waals surface area contributed by atoms with Gasteiger partial charge in [-0.1, -0.05) is 73.7 Å². The predicted molar refractivity (Wildman–Crippen MR) is 118 cm³/mol. The molecule has 0 saturated carbocycles. The fourth-order valence-electron chi connectivity index (χ4n) is 5.04. The number of nitrogens with zero attached hydrogens (tertiary/aromatic N) is 1. The maximum Gasteiger partial charge on any atom is 0.0541 e. The fraction of sp³-hybridized carbons (Fsp3) is 0.111. The van der Waals surface area contributed by atoms with Crippen LogP contribution in [-0.4, -0.2) is 4.57 Å². The number of hydrogen-bond donors (Lipinski definition) is 0. The van der Waals surface area contributed by atoms with Gasteiger partial charge in [0.05, 0.1) is 11.0 Å². The highest BCUT2D eigenvalue weighted by atomic mass is 15.0. The van der Waals surface area contributed by atoms with E-state index < -0.39 is 0 Å². The van der Waals surface area contributed by atoms with Gasteiger partial charge in [-0.15, -0.1) is 0 Å². The van der Waals surface area contributed by atoms with E-state index in [2.05, 4.69) is 96.4 Å². The highest BCUT2D eigenvalue weighted by Gasteiger charge is 2.24. The summed E-state index contributed by atoms with van der Waals surface area (Å²) >= 11 is 0. The zero-order valence-electron chi connectivity index (χ0n) is 15.9. The number of para-hydroxylation sites is 2. The Morgan fingerprint density at radius 3 is 2.04 bits per heavy atom. The average molecular weight is 359 g/mol. The van der Waals surface area contributed by atoms with E-state index in [0.717, 1.165) is 12.8 Å². The maximum absolute atomic E-state index is 2.46. The number of benzene rings is 4. The molecule has 0 aliphatic heterocycles. The number of fused-ring (bicyclic) bond motifs is 6. The van der Waals surface area contributed by atoms with Gasteiger partial charge in [-0.05, 0) is 58.9 Å². The minimum absolute atomic E-state index is 1.02. The van der Waals surface area contributed by atoms with E-state index in [1.54, 1.807) is 0 Å².